The number of carboxylic acids is 1. The molecule has 0 saturated heterocycles. The molecule has 7 heteroatoms. The van der Waals surface area contributed by atoms with Crippen LogP contribution in [0.1, 0.15) is 35.1 Å². The van der Waals surface area contributed by atoms with Crippen LogP contribution in [0.5, 0.6) is 0 Å². The van der Waals surface area contributed by atoms with Crippen molar-refractivity contribution in [1.29, 1.82) is 0 Å². The third-order valence-electron chi connectivity index (χ3n) is 3.31. The van der Waals surface area contributed by atoms with Gasteiger partial charge in [-0.15, -0.1) is 0 Å². The molecule has 1 atom stereocenters. The van der Waals surface area contributed by atoms with Gasteiger partial charge in [-0.1, -0.05) is 0 Å². The second-order valence-electron chi connectivity index (χ2n) is 5.48. The summed E-state index contributed by atoms with van der Waals surface area (Å²) in [7, 11) is 0. The molecule has 0 radical (unpaired) electrons. The zero-order valence-electron chi connectivity index (χ0n) is 13.1. The molecule has 1 unspecified atom stereocenters. The summed E-state index contributed by atoms with van der Waals surface area (Å²) in [4.78, 5) is 22.6. The van der Waals surface area contributed by atoms with Crippen molar-refractivity contribution in [1.82, 2.24) is 15.1 Å². The molecule has 0 fully saturated rings. The minimum absolute atomic E-state index is 0.130. The summed E-state index contributed by atoms with van der Waals surface area (Å²) in [5, 5.41) is 15.4. The highest BCUT2D eigenvalue weighted by Crippen LogP contribution is 2.17. The summed E-state index contributed by atoms with van der Waals surface area (Å²) >= 11 is 0. The summed E-state index contributed by atoms with van der Waals surface area (Å²) in [6, 6.07) is 5.37. The van der Waals surface area contributed by atoms with Gasteiger partial charge < -0.3 is 10.4 Å². The molecule has 1 aromatic heterocycles. The standard InChI is InChI=1S/C16H18FN3O3/c1-9(7-15(21)22)18-16(23)12-4-5-14(13(17)8-12)20-11(3)6-10(2)19-20/h4-6,8-9H,7H2,1-3H3,(H,18,23)(H,21,22). The summed E-state index contributed by atoms with van der Waals surface area (Å²) in [5.41, 5.74) is 1.94. The molecule has 0 spiro atoms. The second kappa shape index (κ2) is 6.60. The van der Waals surface area contributed by atoms with Gasteiger partial charge in [0.15, 0.2) is 0 Å². The van der Waals surface area contributed by atoms with Crippen LogP contribution in [0.4, 0.5) is 4.39 Å². The molecule has 0 aliphatic carbocycles. The zero-order chi connectivity index (χ0) is 17.1. The van der Waals surface area contributed by atoms with Crippen LogP contribution in [0.3, 0.4) is 0 Å². The van der Waals surface area contributed by atoms with Crippen LogP contribution in [0.25, 0.3) is 5.69 Å². The normalized spacial score (nSPS) is 12.0. The minimum Gasteiger partial charge on any atom is -0.481 e. The van der Waals surface area contributed by atoms with Crippen molar-refractivity contribution in [3.05, 3.63) is 47.0 Å². The van der Waals surface area contributed by atoms with Gasteiger partial charge in [-0.3, -0.25) is 9.59 Å². The van der Waals surface area contributed by atoms with E-state index in [-0.39, 0.29) is 17.7 Å². The molecule has 2 rings (SSSR count). The SMILES string of the molecule is Cc1cc(C)n(-c2ccc(C(=O)NC(C)CC(=O)O)cc2F)n1. The third-order valence-corrected chi connectivity index (χ3v) is 3.31. The van der Waals surface area contributed by atoms with Gasteiger partial charge in [0.2, 0.25) is 0 Å². The monoisotopic (exact) mass is 319 g/mol. The minimum atomic E-state index is -1.01. The van der Waals surface area contributed by atoms with Gasteiger partial charge in [-0.2, -0.15) is 5.10 Å². The smallest absolute Gasteiger partial charge is 0.305 e. The molecule has 6 nitrogen and oxygen atoms in total. The Labute approximate surface area is 132 Å². The van der Waals surface area contributed by atoms with Crippen molar-refractivity contribution in [2.24, 2.45) is 0 Å². The molecule has 1 heterocycles. The van der Waals surface area contributed by atoms with Crippen molar-refractivity contribution in [2.75, 3.05) is 0 Å². The van der Waals surface area contributed by atoms with Crippen molar-refractivity contribution < 1.29 is 19.1 Å². The Balaban J connectivity index is 2.20. The fourth-order valence-electron chi connectivity index (χ4n) is 2.31. The van der Waals surface area contributed by atoms with Gasteiger partial charge in [-0.05, 0) is 45.0 Å². The molecule has 122 valence electrons. The van der Waals surface area contributed by atoms with Gasteiger partial charge in [0.05, 0.1) is 12.1 Å². The molecule has 0 saturated carbocycles. The number of aliphatic carboxylic acids is 1. The fourth-order valence-corrected chi connectivity index (χ4v) is 2.31. The van der Waals surface area contributed by atoms with Crippen LogP contribution in [-0.2, 0) is 4.79 Å². The van der Waals surface area contributed by atoms with E-state index >= 15 is 0 Å². The summed E-state index contributed by atoms with van der Waals surface area (Å²) in [5.74, 6) is -2.10. The number of aryl methyl sites for hydroxylation is 2. The number of nitrogens with one attached hydrogen (secondary N) is 1. The fraction of sp³-hybridized carbons (Fsp3) is 0.312. The first-order valence-corrected chi connectivity index (χ1v) is 7.13. The Morgan fingerprint density at radius 1 is 1.35 bits per heavy atom. The summed E-state index contributed by atoms with van der Waals surface area (Å²) in [6.07, 6.45) is -0.196. The first kappa shape index (κ1) is 16.7. The van der Waals surface area contributed by atoms with E-state index in [1.165, 1.54) is 16.8 Å². The molecule has 1 amide bonds. The Bertz CT molecular complexity index is 755. The number of hydrogen-bond donors (Lipinski definition) is 2. The Morgan fingerprint density at radius 3 is 2.57 bits per heavy atom. The molecule has 2 aromatic rings. The van der Waals surface area contributed by atoms with Gasteiger partial charge in [0, 0.05) is 17.3 Å². The van der Waals surface area contributed by atoms with Gasteiger partial charge in [0.1, 0.15) is 11.5 Å². The lowest BCUT2D eigenvalue weighted by Gasteiger charge is -2.12. The number of amides is 1. The maximum Gasteiger partial charge on any atom is 0.305 e. The third kappa shape index (κ3) is 3.94. The van der Waals surface area contributed by atoms with Crippen LogP contribution in [0, 0.1) is 19.7 Å². The molecule has 0 bridgehead atoms. The molecule has 0 aliphatic heterocycles. The lowest BCUT2D eigenvalue weighted by molar-refractivity contribution is -0.137. The average molecular weight is 319 g/mol. The average Bonchev–Trinajstić information content (AvgIpc) is 2.76. The van der Waals surface area contributed by atoms with Crippen LogP contribution in [0.15, 0.2) is 24.3 Å². The molecular formula is C16H18FN3O3. The predicted octanol–water partition coefficient (Wildman–Crippen LogP) is 2.22. The van der Waals surface area contributed by atoms with Crippen molar-refractivity contribution in [2.45, 2.75) is 33.2 Å². The van der Waals surface area contributed by atoms with E-state index in [2.05, 4.69) is 10.4 Å². The number of carbonyl (C=O) groups is 2. The maximum absolute atomic E-state index is 14.3. The van der Waals surface area contributed by atoms with Crippen LogP contribution in [-0.4, -0.2) is 32.8 Å². The lowest BCUT2D eigenvalue weighted by Crippen LogP contribution is -2.34. The number of rotatable bonds is 5. The van der Waals surface area contributed by atoms with Crippen LogP contribution in [0.2, 0.25) is 0 Å². The van der Waals surface area contributed by atoms with Gasteiger partial charge in [0.25, 0.3) is 5.91 Å². The Morgan fingerprint density at radius 2 is 2.04 bits per heavy atom. The Hall–Kier alpha value is -2.70. The molecule has 23 heavy (non-hydrogen) atoms. The summed E-state index contributed by atoms with van der Waals surface area (Å²) < 4.78 is 15.8. The molecule has 1 aromatic carbocycles. The first-order valence-electron chi connectivity index (χ1n) is 7.13. The van der Waals surface area contributed by atoms with E-state index in [0.29, 0.717) is 0 Å². The quantitative estimate of drug-likeness (QED) is 0.885. The molecular weight excluding hydrogens is 301 g/mol. The highest BCUT2D eigenvalue weighted by molar-refractivity contribution is 5.94. The highest BCUT2D eigenvalue weighted by atomic mass is 19.1. The zero-order valence-corrected chi connectivity index (χ0v) is 13.1. The van der Waals surface area contributed by atoms with E-state index in [1.54, 1.807) is 6.92 Å². The van der Waals surface area contributed by atoms with Crippen molar-refractivity contribution >= 4 is 11.9 Å². The van der Waals surface area contributed by atoms with Crippen LogP contribution < -0.4 is 5.32 Å². The van der Waals surface area contributed by atoms with Crippen LogP contribution >= 0.6 is 0 Å². The molecule has 0 aliphatic rings. The highest BCUT2D eigenvalue weighted by Gasteiger charge is 2.16. The van der Waals surface area contributed by atoms with E-state index in [1.807, 2.05) is 19.9 Å². The first-order chi connectivity index (χ1) is 10.8. The lowest BCUT2D eigenvalue weighted by atomic mass is 10.1. The summed E-state index contributed by atoms with van der Waals surface area (Å²) in [6.45, 7) is 5.20. The largest absolute Gasteiger partial charge is 0.481 e. The number of aromatic nitrogens is 2. The van der Waals surface area contributed by atoms with E-state index in [9.17, 15) is 14.0 Å². The van der Waals surface area contributed by atoms with E-state index < -0.39 is 23.7 Å². The van der Waals surface area contributed by atoms with E-state index in [4.69, 9.17) is 5.11 Å². The maximum atomic E-state index is 14.3. The van der Waals surface area contributed by atoms with E-state index in [0.717, 1.165) is 17.5 Å². The number of halogens is 1. The number of hydrogen-bond acceptors (Lipinski definition) is 3. The Kier molecular flexibility index (Phi) is 4.78. The predicted molar refractivity (Wildman–Crippen MR) is 82.2 cm³/mol. The number of carbonyl (C=O) groups excluding carboxylic acids is 1. The number of benzene rings is 1. The number of carboxylic acid groups (broad SMARTS) is 1. The van der Waals surface area contributed by atoms with Crippen molar-refractivity contribution in [3.63, 3.8) is 0 Å². The van der Waals surface area contributed by atoms with Gasteiger partial charge >= 0.3 is 5.97 Å². The number of nitrogens with zero attached hydrogens (tertiary/aromatic N) is 2. The topological polar surface area (TPSA) is 84.2 Å². The second-order valence-corrected chi connectivity index (χ2v) is 5.48. The van der Waals surface area contributed by atoms with Crippen molar-refractivity contribution in [3.8, 4) is 5.69 Å². The molecule has 2 N–H and O–H groups in total. The van der Waals surface area contributed by atoms with Gasteiger partial charge in [-0.25, -0.2) is 9.07 Å².